The third-order valence-electron chi connectivity index (χ3n) is 6.06. The van der Waals surface area contributed by atoms with Crippen molar-refractivity contribution in [2.45, 2.75) is 92.1 Å². The highest BCUT2D eigenvalue weighted by atomic mass is 16.3. The summed E-state index contributed by atoms with van der Waals surface area (Å²) in [7, 11) is 0. The summed E-state index contributed by atoms with van der Waals surface area (Å²) in [5, 5.41) is 21.5. The molecule has 0 spiro atoms. The molecule has 0 heterocycles. The Morgan fingerprint density at radius 3 is 1.52 bits per heavy atom. The minimum absolute atomic E-state index is 0.104. The average Bonchev–Trinajstić information content (AvgIpc) is 2.24. The predicted molar refractivity (Wildman–Crippen MR) is 86.7 cm³/mol. The molecule has 2 heteroatoms. The summed E-state index contributed by atoms with van der Waals surface area (Å²) in [6.07, 6.45) is 6.43. The largest absolute Gasteiger partial charge is 0.388 e. The molecule has 0 saturated heterocycles. The molecule has 2 aliphatic carbocycles. The average molecular weight is 291 g/mol. The topological polar surface area (TPSA) is 44.0 Å². The van der Waals surface area contributed by atoms with Crippen LogP contribution in [-0.2, 0) is 0 Å². The van der Waals surface area contributed by atoms with Crippen molar-refractivity contribution in [1.29, 1.82) is 5.26 Å². The first-order valence-corrected chi connectivity index (χ1v) is 8.48. The van der Waals surface area contributed by atoms with E-state index in [1.165, 1.54) is 0 Å². The molecule has 0 radical (unpaired) electrons. The van der Waals surface area contributed by atoms with E-state index in [0.717, 1.165) is 44.9 Å². The zero-order valence-corrected chi connectivity index (χ0v) is 14.8. The van der Waals surface area contributed by atoms with Crippen molar-refractivity contribution in [3.8, 4) is 6.07 Å². The molecule has 2 saturated carbocycles. The molecular weight excluding hydrogens is 258 g/mol. The predicted octanol–water partition coefficient (Wildman–Crippen LogP) is 5.06. The lowest BCUT2D eigenvalue weighted by atomic mass is 9.49. The number of nitriles is 1. The van der Waals surface area contributed by atoms with E-state index in [2.05, 4.69) is 47.6 Å². The maximum atomic E-state index is 11.6. The maximum absolute atomic E-state index is 11.6. The van der Waals surface area contributed by atoms with Crippen LogP contribution in [0.4, 0.5) is 0 Å². The Hall–Kier alpha value is -0.550. The van der Waals surface area contributed by atoms with Crippen molar-refractivity contribution in [3.63, 3.8) is 0 Å². The van der Waals surface area contributed by atoms with E-state index in [4.69, 9.17) is 0 Å². The van der Waals surface area contributed by atoms with Gasteiger partial charge >= 0.3 is 0 Å². The summed E-state index contributed by atoms with van der Waals surface area (Å²) >= 11 is 0. The molecule has 120 valence electrons. The second-order valence-electron chi connectivity index (χ2n) is 10.2. The van der Waals surface area contributed by atoms with Crippen molar-refractivity contribution in [3.05, 3.63) is 0 Å². The number of rotatable bonds is 1. The SMILES string of the molecule is CC1(C)CCC(C#N)(C2(O)CC(C)(C)CC(C)(C)C2)CC1. The van der Waals surface area contributed by atoms with Gasteiger partial charge in [0.1, 0.15) is 0 Å². The van der Waals surface area contributed by atoms with Gasteiger partial charge in [-0.15, -0.1) is 0 Å². The Labute approximate surface area is 130 Å². The zero-order chi connectivity index (χ0) is 16.2. The van der Waals surface area contributed by atoms with E-state index in [-0.39, 0.29) is 10.8 Å². The quantitative estimate of drug-likeness (QED) is 0.733. The van der Waals surface area contributed by atoms with Crippen LogP contribution in [-0.4, -0.2) is 10.7 Å². The molecule has 0 unspecified atom stereocenters. The maximum Gasteiger partial charge on any atom is 0.0861 e. The third-order valence-corrected chi connectivity index (χ3v) is 6.06. The molecule has 2 aliphatic rings. The molecule has 1 N–H and O–H groups in total. The van der Waals surface area contributed by atoms with E-state index >= 15 is 0 Å². The van der Waals surface area contributed by atoms with Crippen LogP contribution < -0.4 is 0 Å². The lowest BCUT2D eigenvalue weighted by Crippen LogP contribution is -2.57. The Bertz CT molecular complexity index is 427. The van der Waals surface area contributed by atoms with Gasteiger partial charge in [-0.2, -0.15) is 5.26 Å². The summed E-state index contributed by atoms with van der Waals surface area (Å²) in [5.74, 6) is 0. The van der Waals surface area contributed by atoms with Crippen molar-refractivity contribution in [2.75, 3.05) is 0 Å². The first kappa shape index (κ1) is 16.8. The van der Waals surface area contributed by atoms with Crippen LogP contribution in [0.5, 0.6) is 0 Å². The number of aliphatic hydroxyl groups is 1. The van der Waals surface area contributed by atoms with Crippen LogP contribution in [0.2, 0.25) is 0 Å². The van der Waals surface area contributed by atoms with E-state index in [9.17, 15) is 10.4 Å². The van der Waals surface area contributed by atoms with Gasteiger partial charge in [0.05, 0.1) is 17.1 Å². The Morgan fingerprint density at radius 2 is 1.14 bits per heavy atom. The number of nitrogens with zero attached hydrogens (tertiary/aromatic N) is 1. The lowest BCUT2D eigenvalue weighted by Gasteiger charge is -2.57. The minimum Gasteiger partial charge on any atom is -0.388 e. The van der Waals surface area contributed by atoms with E-state index in [1.54, 1.807) is 0 Å². The van der Waals surface area contributed by atoms with Gasteiger partial charge in [0.15, 0.2) is 0 Å². The van der Waals surface area contributed by atoms with Crippen LogP contribution >= 0.6 is 0 Å². The van der Waals surface area contributed by atoms with Gasteiger partial charge < -0.3 is 5.11 Å². The molecule has 2 nitrogen and oxygen atoms in total. The van der Waals surface area contributed by atoms with Crippen LogP contribution in [0.3, 0.4) is 0 Å². The molecule has 0 aliphatic heterocycles. The van der Waals surface area contributed by atoms with Gasteiger partial charge in [-0.05, 0) is 61.2 Å². The van der Waals surface area contributed by atoms with Crippen LogP contribution in [0.15, 0.2) is 0 Å². The van der Waals surface area contributed by atoms with Gasteiger partial charge in [-0.25, -0.2) is 0 Å². The summed E-state index contributed by atoms with van der Waals surface area (Å²) in [4.78, 5) is 0. The first-order chi connectivity index (χ1) is 9.35. The lowest BCUT2D eigenvalue weighted by molar-refractivity contribution is -0.161. The van der Waals surface area contributed by atoms with Crippen molar-refractivity contribution < 1.29 is 5.11 Å². The molecule has 0 amide bonds. The second kappa shape index (κ2) is 4.72. The molecule has 2 fully saturated rings. The van der Waals surface area contributed by atoms with Gasteiger partial charge in [-0.3, -0.25) is 0 Å². The summed E-state index contributed by atoms with van der Waals surface area (Å²) in [6.45, 7) is 13.6. The minimum atomic E-state index is -0.830. The normalized spacial score (nSPS) is 32.1. The van der Waals surface area contributed by atoms with Gasteiger partial charge in [-0.1, -0.05) is 41.5 Å². The summed E-state index contributed by atoms with van der Waals surface area (Å²) in [6, 6.07) is 2.59. The fourth-order valence-electron chi connectivity index (χ4n) is 5.44. The highest BCUT2D eigenvalue weighted by molar-refractivity contribution is 5.17. The van der Waals surface area contributed by atoms with Crippen LogP contribution in [0.1, 0.15) is 86.5 Å². The van der Waals surface area contributed by atoms with Crippen LogP contribution in [0, 0.1) is 33.0 Å². The summed E-state index contributed by atoms with van der Waals surface area (Å²) in [5.41, 5.74) is -0.849. The monoisotopic (exact) mass is 291 g/mol. The summed E-state index contributed by atoms with van der Waals surface area (Å²) < 4.78 is 0. The standard InChI is InChI=1S/C19H33NO/c1-15(2)7-9-18(14-20,10-8-15)19(21)12-16(3,4)11-17(5,6)13-19/h21H,7-13H2,1-6H3. The Balaban J connectivity index is 2.35. The third kappa shape index (κ3) is 3.14. The zero-order valence-electron chi connectivity index (χ0n) is 14.8. The molecular formula is C19H33NO. The second-order valence-corrected chi connectivity index (χ2v) is 10.2. The molecule has 0 aromatic rings. The Kier molecular flexibility index (Phi) is 3.78. The molecule has 2 rings (SSSR count). The van der Waals surface area contributed by atoms with Crippen molar-refractivity contribution in [1.82, 2.24) is 0 Å². The molecule has 0 bridgehead atoms. The number of hydrogen-bond acceptors (Lipinski definition) is 2. The highest BCUT2D eigenvalue weighted by Gasteiger charge is 2.59. The van der Waals surface area contributed by atoms with Gasteiger partial charge in [0.2, 0.25) is 0 Å². The smallest absolute Gasteiger partial charge is 0.0861 e. The Morgan fingerprint density at radius 1 is 0.714 bits per heavy atom. The van der Waals surface area contributed by atoms with E-state index in [0.29, 0.717) is 5.41 Å². The fourth-order valence-corrected chi connectivity index (χ4v) is 5.44. The van der Waals surface area contributed by atoms with Crippen molar-refractivity contribution >= 4 is 0 Å². The van der Waals surface area contributed by atoms with E-state index < -0.39 is 11.0 Å². The van der Waals surface area contributed by atoms with Crippen molar-refractivity contribution in [2.24, 2.45) is 21.7 Å². The van der Waals surface area contributed by atoms with Gasteiger partial charge in [0, 0.05) is 0 Å². The molecule has 0 aromatic heterocycles. The molecule has 21 heavy (non-hydrogen) atoms. The number of hydrogen-bond donors (Lipinski definition) is 1. The molecule has 0 aromatic carbocycles. The highest BCUT2D eigenvalue weighted by Crippen LogP contribution is 2.60. The van der Waals surface area contributed by atoms with E-state index in [1.807, 2.05) is 0 Å². The molecule has 0 atom stereocenters. The van der Waals surface area contributed by atoms with Crippen LogP contribution in [0.25, 0.3) is 0 Å². The first-order valence-electron chi connectivity index (χ1n) is 8.48. The van der Waals surface area contributed by atoms with Gasteiger partial charge in [0.25, 0.3) is 0 Å². The fraction of sp³-hybridized carbons (Fsp3) is 0.947.